The molecule has 0 spiro atoms. The Bertz CT molecular complexity index is 986. The van der Waals surface area contributed by atoms with E-state index in [1.54, 1.807) is 5.38 Å². The van der Waals surface area contributed by atoms with Crippen molar-refractivity contribution < 1.29 is 12.8 Å². The first-order chi connectivity index (χ1) is 11.3. The summed E-state index contributed by atoms with van der Waals surface area (Å²) >= 11 is 6.98. The second-order valence-electron chi connectivity index (χ2n) is 5.08. The van der Waals surface area contributed by atoms with Gasteiger partial charge in [0, 0.05) is 10.9 Å². The van der Waals surface area contributed by atoms with Crippen LogP contribution in [-0.2, 0) is 10.0 Å². The molecule has 0 aliphatic rings. The zero-order valence-corrected chi connectivity index (χ0v) is 14.8. The summed E-state index contributed by atoms with van der Waals surface area (Å²) in [5.41, 5.74) is 2.69. The average molecular weight is 383 g/mol. The Hall–Kier alpha value is -1.96. The Morgan fingerprint density at radius 1 is 1.17 bits per heavy atom. The second kappa shape index (κ2) is 6.51. The molecule has 24 heavy (non-hydrogen) atoms. The highest BCUT2D eigenvalue weighted by Crippen LogP contribution is 2.29. The SMILES string of the molecule is Cc1ccc(-c2csc(NS(=O)(=O)c3ccc(F)cc3Cl)n2)cc1. The third-order valence-electron chi connectivity index (χ3n) is 3.26. The molecule has 0 amide bonds. The van der Waals surface area contributed by atoms with E-state index in [1.165, 1.54) is 0 Å². The van der Waals surface area contributed by atoms with Crippen LogP contribution >= 0.6 is 22.9 Å². The Kier molecular flexibility index (Phi) is 4.58. The molecule has 0 fully saturated rings. The fraction of sp³-hybridized carbons (Fsp3) is 0.0625. The van der Waals surface area contributed by atoms with Crippen LogP contribution in [-0.4, -0.2) is 13.4 Å². The molecule has 0 saturated heterocycles. The standard InChI is InChI=1S/C16H12ClFN2O2S2/c1-10-2-4-11(5-3-10)14-9-23-16(19-14)20-24(21,22)15-7-6-12(18)8-13(15)17/h2-9H,1H3,(H,19,20). The number of thiazole rings is 1. The zero-order valence-electron chi connectivity index (χ0n) is 12.5. The van der Waals surface area contributed by atoms with Crippen LogP contribution in [0.3, 0.4) is 0 Å². The van der Waals surface area contributed by atoms with Crippen LogP contribution in [0.25, 0.3) is 11.3 Å². The summed E-state index contributed by atoms with van der Waals surface area (Å²) in [5, 5.41) is 1.79. The van der Waals surface area contributed by atoms with Crippen molar-refractivity contribution in [2.45, 2.75) is 11.8 Å². The number of halogens is 2. The summed E-state index contributed by atoms with van der Waals surface area (Å²) in [4.78, 5) is 4.08. The summed E-state index contributed by atoms with van der Waals surface area (Å²) in [6.07, 6.45) is 0. The van der Waals surface area contributed by atoms with Crippen molar-refractivity contribution in [3.05, 3.63) is 64.2 Å². The monoisotopic (exact) mass is 382 g/mol. The van der Waals surface area contributed by atoms with Gasteiger partial charge in [0.15, 0.2) is 5.13 Å². The van der Waals surface area contributed by atoms with Crippen molar-refractivity contribution in [2.75, 3.05) is 4.72 Å². The number of aromatic nitrogens is 1. The van der Waals surface area contributed by atoms with E-state index in [9.17, 15) is 12.8 Å². The molecule has 2 aromatic carbocycles. The highest BCUT2D eigenvalue weighted by Gasteiger charge is 2.20. The molecule has 0 aliphatic carbocycles. The van der Waals surface area contributed by atoms with E-state index in [2.05, 4.69) is 9.71 Å². The van der Waals surface area contributed by atoms with Crippen LogP contribution in [0, 0.1) is 12.7 Å². The molecule has 0 atom stereocenters. The lowest BCUT2D eigenvalue weighted by atomic mass is 10.1. The average Bonchev–Trinajstić information content (AvgIpc) is 2.95. The minimum absolute atomic E-state index is 0.183. The molecule has 8 heteroatoms. The van der Waals surface area contributed by atoms with Crippen LogP contribution in [0.2, 0.25) is 5.02 Å². The molecule has 0 unspecified atom stereocenters. The number of nitrogens with zero attached hydrogens (tertiary/aromatic N) is 1. The van der Waals surface area contributed by atoms with Gasteiger partial charge in [-0.25, -0.2) is 17.8 Å². The molecular weight excluding hydrogens is 371 g/mol. The molecule has 0 bridgehead atoms. The van der Waals surface area contributed by atoms with Gasteiger partial charge in [-0.1, -0.05) is 41.4 Å². The molecule has 0 radical (unpaired) electrons. The molecule has 4 nitrogen and oxygen atoms in total. The molecule has 1 aromatic heterocycles. The van der Waals surface area contributed by atoms with E-state index in [0.29, 0.717) is 5.69 Å². The predicted octanol–water partition coefficient (Wildman–Crippen LogP) is 4.71. The van der Waals surface area contributed by atoms with Gasteiger partial charge in [-0.2, -0.15) is 0 Å². The summed E-state index contributed by atoms with van der Waals surface area (Å²) in [5.74, 6) is -0.602. The lowest BCUT2D eigenvalue weighted by molar-refractivity contribution is 0.599. The minimum atomic E-state index is -3.94. The van der Waals surface area contributed by atoms with Crippen LogP contribution in [0.4, 0.5) is 9.52 Å². The fourth-order valence-electron chi connectivity index (χ4n) is 2.04. The molecular formula is C16H12ClFN2O2S2. The molecule has 0 saturated carbocycles. The Morgan fingerprint density at radius 2 is 1.88 bits per heavy atom. The summed E-state index contributed by atoms with van der Waals surface area (Å²) in [6.45, 7) is 1.98. The molecule has 124 valence electrons. The van der Waals surface area contributed by atoms with Crippen LogP contribution in [0.5, 0.6) is 0 Å². The van der Waals surface area contributed by atoms with Gasteiger partial charge in [0.1, 0.15) is 10.7 Å². The third kappa shape index (κ3) is 3.58. The highest BCUT2D eigenvalue weighted by molar-refractivity contribution is 7.93. The Balaban J connectivity index is 1.87. The van der Waals surface area contributed by atoms with Gasteiger partial charge >= 0.3 is 0 Å². The molecule has 1 heterocycles. The van der Waals surface area contributed by atoms with Crippen molar-refractivity contribution in [3.63, 3.8) is 0 Å². The largest absolute Gasteiger partial charge is 0.265 e. The first kappa shape index (κ1) is 16.9. The molecule has 1 N–H and O–H groups in total. The van der Waals surface area contributed by atoms with E-state index in [1.807, 2.05) is 31.2 Å². The van der Waals surface area contributed by atoms with Crippen molar-refractivity contribution in [2.24, 2.45) is 0 Å². The number of rotatable bonds is 4. The number of aryl methyl sites for hydroxylation is 1. The minimum Gasteiger partial charge on any atom is -0.255 e. The van der Waals surface area contributed by atoms with E-state index < -0.39 is 15.8 Å². The smallest absolute Gasteiger partial charge is 0.255 e. The number of hydrogen-bond acceptors (Lipinski definition) is 4. The molecule has 0 aliphatic heterocycles. The van der Waals surface area contributed by atoms with Gasteiger partial charge in [-0.05, 0) is 25.1 Å². The summed E-state index contributed by atoms with van der Waals surface area (Å²) in [7, 11) is -3.94. The second-order valence-corrected chi connectivity index (χ2v) is 8.00. The summed E-state index contributed by atoms with van der Waals surface area (Å²) < 4.78 is 40.2. The van der Waals surface area contributed by atoms with Crippen molar-refractivity contribution in [1.29, 1.82) is 0 Å². The number of anilines is 1. The van der Waals surface area contributed by atoms with Gasteiger partial charge in [0.25, 0.3) is 10.0 Å². The Labute approximate surface area is 148 Å². The van der Waals surface area contributed by atoms with Gasteiger partial charge in [0.05, 0.1) is 10.7 Å². The Morgan fingerprint density at radius 3 is 2.54 bits per heavy atom. The summed E-state index contributed by atoms with van der Waals surface area (Å²) in [6, 6.07) is 10.9. The van der Waals surface area contributed by atoms with Crippen molar-refractivity contribution >= 4 is 38.1 Å². The zero-order chi connectivity index (χ0) is 17.3. The predicted molar refractivity (Wildman–Crippen MR) is 94.5 cm³/mol. The van der Waals surface area contributed by atoms with Crippen LogP contribution in [0.15, 0.2) is 52.7 Å². The van der Waals surface area contributed by atoms with E-state index in [0.717, 1.165) is 40.7 Å². The van der Waals surface area contributed by atoms with Gasteiger partial charge < -0.3 is 0 Å². The quantitative estimate of drug-likeness (QED) is 0.710. The van der Waals surface area contributed by atoms with Gasteiger partial charge in [-0.3, -0.25) is 4.72 Å². The lowest BCUT2D eigenvalue weighted by Gasteiger charge is -2.07. The maximum absolute atomic E-state index is 13.1. The number of benzene rings is 2. The lowest BCUT2D eigenvalue weighted by Crippen LogP contribution is -2.13. The van der Waals surface area contributed by atoms with Crippen LogP contribution in [0.1, 0.15) is 5.56 Å². The van der Waals surface area contributed by atoms with Crippen molar-refractivity contribution in [3.8, 4) is 11.3 Å². The van der Waals surface area contributed by atoms with E-state index >= 15 is 0 Å². The third-order valence-corrected chi connectivity index (χ3v) is 5.97. The fourth-order valence-corrected chi connectivity index (χ4v) is 4.55. The van der Waals surface area contributed by atoms with Crippen molar-refractivity contribution in [1.82, 2.24) is 4.98 Å². The maximum Gasteiger partial charge on any atom is 0.265 e. The highest BCUT2D eigenvalue weighted by atomic mass is 35.5. The normalized spacial score (nSPS) is 11.5. The van der Waals surface area contributed by atoms with E-state index in [4.69, 9.17) is 11.6 Å². The topological polar surface area (TPSA) is 59.1 Å². The van der Waals surface area contributed by atoms with Gasteiger partial charge in [-0.15, -0.1) is 11.3 Å². The maximum atomic E-state index is 13.1. The number of nitrogens with one attached hydrogen (secondary N) is 1. The van der Waals surface area contributed by atoms with E-state index in [-0.39, 0.29) is 15.0 Å². The first-order valence-corrected chi connectivity index (χ1v) is 9.60. The van der Waals surface area contributed by atoms with Crippen LogP contribution < -0.4 is 4.72 Å². The first-order valence-electron chi connectivity index (χ1n) is 6.85. The number of hydrogen-bond donors (Lipinski definition) is 1. The number of sulfonamides is 1. The molecule has 3 rings (SSSR count). The molecule has 3 aromatic rings. The van der Waals surface area contributed by atoms with Gasteiger partial charge in [0.2, 0.25) is 0 Å².